The maximum Gasteiger partial charge on any atom is 0.341 e. The number of pyridine rings is 1. The molecule has 0 spiro atoms. The number of aromatic carboxylic acids is 1. The number of nitrogens with zero attached hydrogens (tertiary/aromatic N) is 1. The monoisotopic (exact) mass is 360 g/mol. The Kier molecular flexibility index (Phi) is 4.19. The number of carboxylic acids is 1. The molecule has 26 heavy (non-hydrogen) atoms. The van der Waals surface area contributed by atoms with Crippen LogP contribution >= 0.6 is 0 Å². The van der Waals surface area contributed by atoms with Crippen LogP contribution in [0.2, 0.25) is 0 Å². The summed E-state index contributed by atoms with van der Waals surface area (Å²) in [6, 6.07) is 2.59. The third-order valence-corrected chi connectivity index (χ3v) is 5.29. The highest BCUT2D eigenvalue weighted by molar-refractivity contribution is 5.93. The van der Waals surface area contributed by atoms with Gasteiger partial charge in [0.25, 0.3) is 0 Å². The van der Waals surface area contributed by atoms with Crippen molar-refractivity contribution in [1.29, 1.82) is 0 Å². The number of aromatic nitrogens is 1. The number of hydrogen-bond donors (Lipinski definition) is 2. The largest absolute Gasteiger partial charge is 0.486 e. The van der Waals surface area contributed by atoms with E-state index >= 15 is 0 Å². The standard InChI is InChI=1S/C19H21FN2O4/c20-13-7-11-15(8-17(13)26-16-4-2-1-3-14(16)21)22(10-5-6-10)9-12(18(11)23)19(24)25/h7-10,14,16H,1-6,21H2,(H,24,25). The highest BCUT2D eigenvalue weighted by Gasteiger charge is 2.29. The number of benzene rings is 1. The van der Waals surface area contributed by atoms with Crippen LogP contribution in [0.25, 0.3) is 10.9 Å². The minimum absolute atomic E-state index is 0.0644. The van der Waals surface area contributed by atoms with Crippen LogP contribution < -0.4 is 15.9 Å². The van der Waals surface area contributed by atoms with Gasteiger partial charge in [0, 0.05) is 29.7 Å². The third-order valence-electron chi connectivity index (χ3n) is 5.29. The van der Waals surface area contributed by atoms with Gasteiger partial charge in [-0.05, 0) is 38.2 Å². The molecule has 0 radical (unpaired) electrons. The van der Waals surface area contributed by atoms with Gasteiger partial charge in [-0.15, -0.1) is 0 Å². The first-order chi connectivity index (χ1) is 12.5. The first kappa shape index (κ1) is 17.0. The highest BCUT2D eigenvalue weighted by atomic mass is 19.1. The predicted molar refractivity (Wildman–Crippen MR) is 94.3 cm³/mol. The number of halogens is 1. The van der Waals surface area contributed by atoms with Gasteiger partial charge in [-0.25, -0.2) is 9.18 Å². The minimum atomic E-state index is -1.31. The normalized spacial score (nSPS) is 23.2. The van der Waals surface area contributed by atoms with Crippen molar-refractivity contribution in [2.75, 3.05) is 0 Å². The summed E-state index contributed by atoms with van der Waals surface area (Å²) in [7, 11) is 0. The fourth-order valence-electron chi connectivity index (χ4n) is 3.68. The lowest BCUT2D eigenvalue weighted by atomic mass is 9.93. The zero-order chi connectivity index (χ0) is 18.4. The molecule has 1 heterocycles. The topological polar surface area (TPSA) is 94.6 Å². The van der Waals surface area contributed by atoms with E-state index in [1.54, 1.807) is 4.57 Å². The number of fused-ring (bicyclic) bond motifs is 1. The van der Waals surface area contributed by atoms with Crippen molar-refractivity contribution in [2.45, 2.75) is 56.7 Å². The average molecular weight is 360 g/mol. The molecule has 7 heteroatoms. The molecule has 2 fully saturated rings. The molecule has 138 valence electrons. The molecule has 0 aliphatic heterocycles. The second-order valence-electron chi connectivity index (χ2n) is 7.22. The van der Waals surface area contributed by atoms with E-state index in [0.717, 1.165) is 44.6 Å². The molecule has 0 amide bonds. The van der Waals surface area contributed by atoms with Gasteiger partial charge in [-0.3, -0.25) is 4.79 Å². The van der Waals surface area contributed by atoms with E-state index < -0.39 is 17.2 Å². The van der Waals surface area contributed by atoms with E-state index in [1.165, 1.54) is 12.3 Å². The summed E-state index contributed by atoms with van der Waals surface area (Å²) < 4.78 is 22.2. The van der Waals surface area contributed by atoms with Gasteiger partial charge >= 0.3 is 5.97 Å². The second kappa shape index (κ2) is 6.39. The summed E-state index contributed by atoms with van der Waals surface area (Å²) in [5.74, 6) is -1.91. The van der Waals surface area contributed by atoms with Crippen LogP contribution in [0, 0.1) is 5.82 Å². The van der Waals surface area contributed by atoms with E-state index in [1.807, 2.05) is 0 Å². The van der Waals surface area contributed by atoms with Crippen molar-refractivity contribution in [1.82, 2.24) is 4.57 Å². The molecule has 3 N–H and O–H groups in total. The van der Waals surface area contributed by atoms with Crippen LogP contribution in [0.15, 0.2) is 23.1 Å². The Morgan fingerprint density at radius 3 is 2.62 bits per heavy atom. The van der Waals surface area contributed by atoms with Crippen molar-refractivity contribution in [2.24, 2.45) is 5.73 Å². The quantitative estimate of drug-likeness (QED) is 0.874. The van der Waals surface area contributed by atoms with Gasteiger partial charge in [0.1, 0.15) is 11.7 Å². The average Bonchev–Trinajstić information content (AvgIpc) is 3.43. The van der Waals surface area contributed by atoms with E-state index in [2.05, 4.69) is 0 Å². The van der Waals surface area contributed by atoms with Gasteiger partial charge in [0.05, 0.1) is 5.52 Å². The smallest absolute Gasteiger partial charge is 0.341 e. The first-order valence-electron chi connectivity index (χ1n) is 8.99. The van der Waals surface area contributed by atoms with E-state index in [-0.39, 0.29) is 34.9 Å². The maximum absolute atomic E-state index is 14.6. The van der Waals surface area contributed by atoms with Crippen LogP contribution in [0.1, 0.15) is 54.9 Å². The molecule has 2 aliphatic carbocycles. The fourth-order valence-corrected chi connectivity index (χ4v) is 3.68. The van der Waals surface area contributed by atoms with Crippen LogP contribution in [0.5, 0.6) is 5.75 Å². The van der Waals surface area contributed by atoms with E-state index in [9.17, 15) is 19.1 Å². The lowest BCUT2D eigenvalue weighted by Crippen LogP contribution is -2.41. The number of ether oxygens (including phenoxy) is 1. The van der Waals surface area contributed by atoms with Crippen LogP contribution in [-0.2, 0) is 0 Å². The molecule has 1 aromatic heterocycles. The molecule has 0 bridgehead atoms. The number of nitrogens with two attached hydrogens (primary N) is 1. The van der Waals surface area contributed by atoms with Gasteiger partial charge in [-0.1, -0.05) is 6.42 Å². The molecule has 1 aromatic carbocycles. The molecule has 2 unspecified atom stereocenters. The molecule has 0 saturated heterocycles. The van der Waals surface area contributed by atoms with Gasteiger partial charge < -0.3 is 20.1 Å². The van der Waals surface area contributed by atoms with Gasteiger partial charge in [0.15, 0.2) is 11.6 Å². The summed E-state index contributed by atoms with van der Waals surface area (Å²) >= 11 is 0. The predicted octanol–water partition coefficient (Wildman–Crippen LogP) is 2.82. The molecule has 6 nitrogen and oxygen atoms in total. The minimum Gasteiger partial charge on any atom is -0.486 e. The lowest BCUT2D eigenvalue weighted by molar-refractivity contribution is 0.0695. The van der Waals surface area contributed by atoms with Crippen molar-refractivity contribution in [3.8, 4) is 5.75 Å². The Morgan fingerprint density at radius 2 is 1.96 bits per heavy atom. The zero-order valence-electron chi connectivity index (χ0n) is 14.3. The van der Waals surface area contributed by atoms with E-state index in [0.29, 0.717) is 5.52 Å². The van der Waals surface area contributed by atoms with Crippen molar-refractivity contribution in [3.05, 3.63) is 39.9 Å². The van der Waals surface area contributed by atoms with Crippen LogP contribution in [-0.4, -0.2) is 27.8 Å². The summed E-state index contributed by atoms with van der Waals surface area (Å²) in [4.78, 5) is 23.8. The molecule has 2 aromatic rings. The Labute approximate surface area is 149 Å². The maximum atomic E-state index is 14.6. The first-order valence-corrected chi connectivity index (χ1v) is 8.99. The summed E-state index contributed by atoms with van der Waals surface area (Å²) in [6.45, 7) is 0. The molecule has 2 aliphatic rings. The Balaban J connectivity index is 1.83. The third kappa shape index (κ3) is 2.96. The Morgan fingerprint density at radius 1 is 1.23 bits per heavy atom. The van der Waals surface area contributed by atoms with E-state index in [4.69, 9.17) is 10.5 Å². The lowest BCUT2D eigenvalue weighted by Gasteiger charge is -2.29. The molecular weight excluding hydrogens is 339 g/mol. The highest BCUT2D eigenvalue weighted by Crippen LogP contribution is 2.38. The zero-order valence-corrected chi connectivity index (χ0v) is 14.3. The number of carbonyl (C=O) groups is 1. The molecule has 4 rings (SSSR count). The van der Waals surface area contributed by atoms with Crippen molar-refractivity contribution >= 4 is 16.9 Å². The second-order valence-corrected chi connectivity index (χ2v) is 7.22. The summed E-state index contributed by atoms with van der Waals surface area (Å²) in [5.41, 5.74) is 5.57. The van der Waals surface area contributed by atoms with Gasteiger partial charge in [0.2, 0.25) is 5.43 Å². The summed E-state index contributed by atoms with van der Waals surface area (Å²) in [6.07, 6.45) is 6.55. The van der Waals surface area contributed by atoms with Crippen molar-refractivity contribution in [3.63, 3.8) is 0 Å². The van der Waals surface area contributed by atoms with Crippen LogP contribution in [0.4, 0.5) is 4.39 Å². The fraction of sp³-hybridized carbons (Fsp3) is 0.474. The van der Waals surface area contributed by atoms with Crippen LogP contribution in [0.3, 0.4) is 0 Å². The number of rotatable bonds is 4. The Hall–Kier alpha value is -2.41. The summed E-state index contributed by atoms with van der Waals surface area (Å²) in [5, 5.41) is 9.34. The number of carboxylic acid groups (broad SMARTS) is 1. The molecule has 2 saturated carbocycles. The Bertz CT molecular complexity index is 935. The number of hydrogen-bond acceptors (Lipinski definition) is 4. The van der Waals surface area contributed by atoms with Crippen molar-refractivity contribution < 1.29 is 19.0 Å². The molecule has 2 atom stereocenters. The van der Waals surface area contributed by atoms with Gasteiger partial charge in [-0.2, -0.15) is 0 Å². The molecular formula is C19H21FN2O4. The SMILES string of the molecule is NC1CCCCC1Oc1cc2c(cc1F)c(=O)c(C(=O)O)cn2C1CC1.